The number of ether oxygens (including phenoxy) is 1. The molecule has 0 aromatic heterocycles. The summed E-state index contributed by atoms with van der Waals surface area (Å²) in [7, 11) is 0. The number of amides is 1. The van der Waals surface area contributed by atoms with E-state index in [1.807, 2.05) is 19.1 Å². The minimum Gasteiger partial charge on any atom is -0.478 e. The molecule has 2 N–H and O–H groups in total. The third kappa shape index (κ3) is 3.24. The van der Waals surface area contributed by atoms with Crippen molar-refractivity contribution >= 4 is 23.5 Å². The predicted octanol–water partition coefficient (Wildman–Crippen LogP) is 2.80. The normalized spacial score (nSPS) is 18.9. The van der Waals surface area contributed by atoms with Crippen LogP contribution in [0.25, 0.3) is 0 Å². The third-order valence-electron chi connectivity index (χ3n) is 4.20. The van der Waals surface area contributed by atoms with Crippen LogP contribution >= 0.6 is 0 Å². The number of benzene rings is 2. The van der Waals surface area contributed by atoms with Gasteiger partial charge in [0.2, 0.25) is 0 Å². The van der Waals surface area contributed by atoms with E-state index < -0.39 is 23.4 Å². The average molecular weight is 339 g/mol. The fraction of sp³-hybridized carbons (Fsp3) is 0.211. The van der Waals surface area contributed by atoms with E-state index >= 15 is 0 Å². The maximum absolute atomic E-state index is 12.6. The average Bonchev–Trinajstić information content (AvgIpc) is 2.54. The molecule has 1 unspecified atom stereocenters. The van der Waals surface area contributed by atoms with Crippen molar-refractivity contribution in [2.75, 3.05) is 5.32 Å². The summed E-state index contributed by atoms with van der Waals surface area (Å²) in [4.78, 5) is 35.7. The summed E-state index contributed by atoms with van der Waals surface area (Å²) < 4.78 is 5.39. The predicted molar refractivity (Wildman–Crippen MR) is 90.7 cm³/mol. The molecule has 0 spiro atoms. The molecule has 1 atom stereocenters. The van der Waals surface area contributed by atoms with Gasteiger partial charge in [0.05, 0.1) is 11.1 Å². The second-order valence-electron chi connectivity index (χ2n) is 6.29. The third-order valence-corrected chi connectivity index (χ3v) is 4.20. The van der Waals surface area contributed by atoms with Crippen LogP contribution in [0.5, 0.6) is 0 Å². The Hall–Kier alpha value is -3.15. The molecular weight excluding hydrogens is 322 g/mol. The van der Waals surface area contributed by atoms with E-state index in [-0.39, 0.29) is 12.0 Å². The molecule has 128 valence electrons. The van der Waals surface area contributed by atoms with Crippen molar-refractivity contribution in [3.63, 3.8) is 0 Å². The number of fused-ring (bicyclic) bond motifs is 1. The van der Waals surface area contributed by atoms with Crippen molar-refractivity contribution in [3.05, 3.63) is 64.7 Å². The molecule has 0 aliphatic carbocycles. The first-order chi connectivity index (χ1) is 11.8. The molecule has 0 saturated carbocycles. The monoisotopic (exact) mass is 339 g/mol. The summed E-state index contributed by atoms with van der Waals surface area (Å²) in [6, 6.07) is 11.2. The SMILES string of the molecule is Cc1ccc2c(c1)CC(C)(C(=O)Nc1ccc(C(=O)O)cc1)OC2=O. The fourth-order valence-electron chi connectivity index (χ4n) is 2.81. The first kappa shape index (κ1) is 16.7. The molecule has 1 heterocycles. The van der Waals surface area contributed by atoms with Crippen LogP contribution in [-0.4, -0.2) is 28.6 Å². The molecule has 1 aliphatic rings. The smallest absolute Gasteiger partial charge is 0.339 e. The van der Waals surface area contributed by atoms with Gasteiger partial charge in [0.15, 0.2) is 5.60 Å². The number of cyclic esters (lactones) is 1. The quantitative estimate of drug-likeness (QED) is 0.839. The number of aryl methyl sites for hydroxylation is 1. The molecule has 2 aromatic rings. The van der Waals surface area contributed by atoms with E-state index in [1.165, 1.54) is 24.3 Å². The summed E-state index contributed by atoms with van der Waals surface area (Å²) in [5, 5.41) is 11.6. The van der Waals surface area contributed by atoms with Crippen molar-refractivity contribution in [2.24, 2.45) is 0 Å². The lowest BCUT2D eigenvalue weighted by molar-refractivity contribution is -0.134. The topological polar surface area (TPSA) is 92.7 Å². The van der Waals surface area contributed by atoms with Crippen molar-refractivity contribution in [1.82, 2.24) is 0 Å². The van der Waals surface area contributed by atoms with Crippen molar-refractivity contribution in [2.45, 2.75) is 25.9 Å². The lowest BCUT2D eigenvalue weighted by atomic mass is 9.88. The number of hydrogen-bond acceptors (Lipinski definition) is 4. The molecule has 25 heavy (non-hydrogen) atoms. The van der Waals surface area contributed by atoms with Gasteiger partial charge < -0.3 is 15.2 Å². The van der Waals surface area contributed by atoms with Gasteiger partial charge in [-0.15, -0.1) is 0 Å². The summed E-state index contributed by atoms with van der Waals surface area (Å²) in [5.74, 6) is -2.03. The van der Waals surface area contributed by atoms with E-state index in [4.69, 9.17) is 9.84 Å². The van der Waals surface area contributed by atoms with Gasteiger partial charge in [0.25, 0.3) is 5.91 Å². The standard InChI is InChI=1S/C19H17NO5/c1-11-3-8-15-13(9-11)10-19(2,25-17(15)23)18(24)20-14-6-4-12(5-7-14)16(21)22/h3-9H,10H2,1-2H3,(H,20,24)(H,21,22). The number of rotatable bonds is 3. The highest BCUT2D eigenvalue weighted by molar-refractivity contribution is 6.02. The van der Waals surface area contributed by atoms with E-state index in [9.17, 15) is 14.4 Å². The highest BCUT2D eigenvalue weighted by Gasteiger charge is 2.42. The van der Waals surface area contributed by atoms with Crippen molar-refractivity contribution in [1.29, 1.82) is 0 Å². The second-order valence-corrected chi connectivity index (χ2v) is 6.29. The maximum Gasteiger partial charge on any atom is 0.339 e. The van der Waals surface area contributed by atoms with E-state index in [2.05, 4.69) is 5.32 Å². The minimum atomic E-state index is -1.33. The minimum absolute atomic E-state index is 0.123. The highest BCUT2D eigenvalue weighted by Crippen LogP contribution is 2.30. The van der Waals surface area contributed by atoms with Crippen LogP contribution in [-0.2, 0) is 16.0 Å². The molecule has 6 nitrogen and oxygen atoms in total. The van der Waals surface area contributed by atoms with Gasteiger partial charge >= 0.3 is 11.9 Å². The number of anilines is 1. The van der Waals surface area contributed by atoms with Gasteiger partial charge in [0.1, 0.15) is 0 Å². The van der Waals surface area contributed by atoms with Gasteiger partial charge in [-0.3, -0.25) is 4.79 Å². The lowest BCUT2D eigenvalue weighted by Gasteiger charge is -2.33. The van der Waals surface area contributed by atoms with E-state index in [0.717, 1.165) is 11.1 Å². The molecule has 1 amide bonds. The lowest BCUT2D eigenvalue weighted by Crippen LogP contribution is -2.48. The zero-order valence-electron chi connectivity index (χ0n) is 13.8. The molecule has 0 bridgehead atoms. The summed E-state index contributed by atoms with van der Waals surface area (Å²) in [6.07, 6.45) is 0.273. The number of aromatic carboxylic acids is 1. The van der Waals surface area contributed by atoms with Crippen molar-refractivity contribution in [3.8, 4) is 0 Å². The number of carboxylic acids is 1. The highest BCUT2D eigenvalue weighted by atomic mass is 16.6. The molecule has 0 saturated heterocycles. The van der Waals surface area contributed by atoms with Crippen LogP contribution < -0.4 is 5.32 Å². The molecule has 6 heteroatoms. The Labute approximate surface area is 144 Å². The molecular formula is C19H17NO5. The van der Waals surface area contributed by atoms with Crippen LogP contribution in [0.4, 0.5) is 5.69 Å². The van der Waals surface area contributed by atoms with Crippen molar-refractivity contribution < 1.29 is 24.2 Å². The Morgan fingerprint density at radius 1 is 1.16 bits per heavy atom. The number of carboxylic acid groups (broad SMARTS) is 1. The van der Waals surface area contributed by atoms with Gasteiger partial charge in [0, 0.05) is 12.1 Å². The fourth-order valence-corrected chi connectivity index (χ4v) is 2.81. The van der Waals surface area contributed by atoms with Crippen LogP contribution in [0, 0.1) is 6.92 Å². The Balaban J connectivity index is 1.82. The number of nitrogens with one attached hydrogen (secondary N) is 1. The second kappa shape index (κ2) is 6.05. The van der Waals surface area contributed by atoms with Crippen LogP contribution in [0.15, 0.2) is 42.5 Å². The van der Waals surface area contributed by atoms with Gasteiger partial charge in [-0.1, -0.05) is 17.7 Å². The number of hydrogen-bond donors (Lipinski definition) is 2. The van der Waals surface area contributed by atoms with Gasteiger partial charge in [-0.25, -0.2) is 9.59 Å². The Bertz CT molecular complexity index is 872. The Kier molecular flexibility index (Phi) is 4.04. The van der Waals surface area contributed by atoms with Crippen LogP contribution in [0.3, 0.4) is 0 Å². The summed E-state index contributed by atoms with van der Waals surface area (Å²) >= 11 is 0. The zero-order valence-corrected chi connectivity index (χ0v) is 13.8. The number of carbonyl (C=O) groups excluding carboxylic acids is 2. The maximum atomic E-state index is 12.6. The van der Waals surface area contributed by atoms with Gasteiger partial charge in [-0.2, -0.15) is 0 Å². The molecule has 0 fully saturated rings. The van der Waals surface area contributed by atoms with Crippen LogP contribution in [0.2, 0.25) is 0 Å². The first-order valence-corrected chi connectivity index (χ1v) is 7.76. The number of carbonyl (C=O) groups is 3. The summed E-state index contributed by atoms with van der Waals surface area (Å²) in [6.45, 7) is 3.48. The Morgan fingerprint density at radius 2 is 1.84 bits per heavy atom. The summed E-state index contributed by atoms with van der Waals surface area (Å²) in [5.41, 5.74) is 1.47. The first-order valence-electron chi connectivity index (χ1n) is 7.76. The van der Waals surface area contributed by atoms with E-state index in [1.54, 1.807) is 13.0 Å². The van der Waals surface area contributed by atoms with Crippen LogP contribution in [0.1, 0.15) is 38.8 Å². The Morgan fingerprint density at radius 3 is 2.48 bits per heavy atom. The molecule has 2 aromatic carbocycles. The molecule has 0 radical (unpaired) electrons. The molecule has 3 rings (SSSR count). The van der Waals surface area contributed by atoms with E-state index in [0.29, 0.717) is 11.3 Å². The number of esters is 1. The zero-order chi connectivity index (χ0) is 18.2. The largest absolute Gasteiger partial charge is 0.478 e. The van der Waals surface area contributed by atoms with Gasteiger partial charge in [-0.05, 0) is 49.7 Å². The molecule has 1 aliphatic heterocycles.